The summed E-state index contributed by atoms with van der Waals surface area (Å²) in [5.41, 5.74) is 6.73. The van der Waals surface area contributed by atoms with Crippen molar-refractivity contribution in [1.29, 1.82) is 5.26 Å². The van der Waals surface area contributed by atoms with E-state index in [1.165, 1.54) is 19.3 Å². The van der Waals surface area contributed by atoms with Crippen LogP contribution in [0.5, 0.6) is 0 Å². The zero-order valence-corrected chi connectivity index (χ0v) is 9.89. The number of aromatic nitrogens is 1. The van der Waals surface area contributed by atoms with Gasteiger partial charge in [-0.2, -0.15) is 5.26 Å². The second-order valence-corrected chi connectivity index (χ2v) is 4.56. The van der Waals surface area contributed by atoms with Gasteiger partial charge in [0.25, 0.3) is 0 Å². The van der Waals surface area contributed by atoms with Gasteiger partial charge in [0.05, 0.1) is 5.56 Å². The average molecular weight is 230 g/mol. The van der Waals surface area contributed by atoms with Gasteiger partial charge in [-0.15, -0.1) is 0 Å². The highest BCUT2D eigenvalue weighted by atomic mass is 15.0. The van der Waals surface area contributed by atoms with E-state index in [0.29, 0.717) is 11.4 Å². The molecule has 0 radical (unpaired) electrons. The van der Waals surface area contributed by atoms with Crippen LogP contribution < -0.4 is 11.1 Å². The van der Waals surface area contributed by atoms with Gasteiger partial charge in [0, 0.05) is 18.3 Å². The summed E-state index contributed by atoms with van der Waals surface area (Å²) in [6, 6.07) is 6.09. The third-order valence-electron chi connectivity index (χ3n) is 3.32. The van der Waals surface area contributed by atoms with Crippen LogP contribution in [0, 0.1) is 11.3 Å². The van der Waals surface area contributed by atoms with Gasteiger partial charge in [0.15, 0.2) is 0 Å². The molecule has 0 aromatic carbocycles. The van der Waals surface area contributed by atoms with Crippen LogP contribution in [0.4, 0.5) is 5.82 Å². The third-order valence-corrected chi connectivity index (χ3v) is 3.32. The molecule has 0 spiro atoms. The summed E-state index contributed by atoms with van der Waals surface area (Å²) in [6.45, 7) is 0. The molecule has 1 aromatic rings. The molecule has 0 saturated heterocycles. The van der Waals surface area contributed by atoms with Gasteiger partial charge in [0.2, 0.25) is 0 Å². The van der Waals surface area contributed by atoms with E-state index in [2.05, 4.69) is 16.4 Å². The fraction of sp³-hybridized carbons (Fsp3) is 0.538. The van der Waals surface area contributed by atoms with Crippen LogP contribution in [-0.2, 0) is 0 Å². The normalized spacial score (nSPS) is 24.7. The largest absolute Gasteiger partial charge is 0.365 e. The van der Waals surface area contributed by atoms with E-state index >= 15 is 0 Å². The molecule has 3 N–H and O–H groups in total. The van der Waals surface area contributed by atoms with Crippen LogP contribution >= 0.6 is 0 Å². The zero-order chi connectivity index (χ0) is 12.1. The molecule has 0 bridgehead atoms. The first-order valence-corrected chi connectivity index (χ1v) is 6.18. The summed E-state index contributed by atoms with van der Waals surface area (Å²) < 4.78 is 0. The van der Waals surface area contributed by atoms with Gasteiger partial charge in [-0.1, -0.05) is 19.3 Å². The molecule has 4 heteroatoms. The smallest absolute Gasteiger partial charge is 0.144 e. The first-order chi connectivity index (χ1) is 8.31. The molecule has 1 saturated carbocycles. The number of nitrogens with one attached hydrogen (secondary N) is 1. The van der Waals surface area contributed by atoms with Crippen molar-refractivity contribution in [3.05, 3.63) is 23.9 Å². The Labute approximate surface area is 102 Å². The molecule has 1 fully saturated rings. The second kappa shape index (κ2) is 5.65. The molecule has 2 unspecified atom stereocenters. The van der Waals surface area contributed by atoms with Crippen LogP contribution in [0.1, 0.15) is 37.7 Å². The minimum absolute atomic E-state index is 0.158. The molecule has 0 amide bonds. The topological polar surface area (TPSA) is 74.7 Å². The monoisotopic (exact) mass is 230 g/mol. The van der Waals surface area contributed by atoms with Crippen molar-refractivity contribution in [2.24, 2.45) is 5.73 Å². The maximum Gasteiger partial charge on any atom is 0.144 e. The number of rotatable bonds is 2. The maximum atomic E-state index is 9.01. The van der Waals surface area contributed by atoms with Crippen molar-refractivity contribution in [3.63, 3.8) is 0 Å². The molecular weight excluding hydrogens is 212 g/mol. The SMILES string of the molecule is N#Cc1cccnc1NC1CCCCCC1N. The van der Waals surface area contributed by atoms with Crippen molar-refractivity contribution in [1.82, 2.24) is 4.98 Å². The minimum atomic E-state index is 0.158. The van der Waals surface area contributed by atoms with E-state index in [9.17, 15) is 0 Å². The number of nitrogens with zero attached hydrogens (tertiary/aromatic N) is 2. The van der Waals surface area contributed by atoms with Crippen LogP contribution in [0.2, 0.25) is 0 Å². The van der Waals surface area contributed by atoms with Crippen molar-refractivity contribution in [2.75, 3.05) is 5.32 Å². The summed E-state index contributed by atoms with van der Waals surface area (Å²) in [7, 11) is 0. The number of hydrogen-bond acceptors (Lipinski definition) is 4. The molecule has 0 aliphatic heterocycles. The lowest BCUT2D eigenvalue weighted by molar-refractivity contribution is 0.527. The molecule has 1 aliphatic rings. The lowest BCUT2D eigenvalue weighted by Crippen LogP contribution is -2.39. The van der Waals surface area contributed by atoms with Crippen LogP contribution in [0.15, 0.2) is 18.3 Å². The fourth-order valence-corrected chi connectivity index (χ4v) is 2.30. The average Bonchev–Trinajstić information content (AvgIpc) is 2.56. The zero-order valence-electron chi connectivity index (χ0n) is 9.89. The summed E-state index contributed by atoms with van der Waals surface area (Å²) in [6.07, 6.45) is 7.45. The van der Waals surface area contributed by atoms with E-state index in [4.69, 9.17) is 11.0 Å². The van der Waals surface area contributed by atoms with Crippen LogP contribution in [0.25, 0.3) is 0 Å². The Bertz CT molecular complexity index is 410. The Balaban J connectivity index is 2.11. The number of anilines is 1. The standard InChI is InChI=1S/C13H18N4/c14-9-10-5-4-8-16-13(10)17-12-7-3-1-2-6-11(12)15/h4-5,8,11-12H,1-3,6-7,15H2,(H,16,17). The van der Waals surface area contributed by atoms with Crippen molar-refractivity contribution in [3.8, 4) is 6.07 Å². The summed E-state index contributed by atoms with van der Waals surface area (Å²) in [5.74, 6) is 0.664. The highest BCUT2D eigenvalue weighted by molar-refractivity contribution is 5.51. The second-order valence-electron chi connectivity index (χ2n) is 4.56. The van der Waals surface area contributed by atoms with Crippen molar-refractivity contribution >= 4 is 5.82 Å². The van der Waals surface area contributed by atoms with Crippen molar-refractivity contribution < 1.29 is 0 Å². The number of pyridine rings is 1. The Morgan fingerprint density at radius 2 is 2.18 bits per heavy atom. The molecular formula is C13H18N4. The Morgan fingerprint density at radius 1 is 1.35 bits per heavy atom. The van der Waals surface area contributed by atoms with E-state index in [-0.39, 0.29) is 12.1 Å². The summed E-state index contributed by atoms with van der Waals surface area (Å²) in [5, 5.41) is 12.3. The maximum absolute atomic E-state index is 9.01. The van der Waals surface area contributed by atoms with E-state index in [1.54, 1.807) is 18.3 Å². The quantitative estimate of drug-likeness (QED) is 0.762. The van der Waals surface area contributed by atoms with Crippen LogP contribution in [0.3, 0.4) is 0 Å². The Morgan fingerprint density at radius 3 is 3.00 bits per heavy atom. The molecule has 17 heavy (non-hydrogen) atoms. The first kappa shape index (κ1) is 11.9. The lowest BCUT2D eigenvalue weighted by atomic mass is 10.0. The Hall–Kier alpha value is -1.60. The molecule has 1 heterocycles. The molecule has 1 aliphatic carbocycles. The highest BCUT2D eigenvalue weighted by Crippen LogP contribution is 2.21. The van der Waals surface area contributed by atoms with E-state index in [0.717, 1.165) is 12.8 Å². The highest BCUT2D eigenvalue weighted by Gasteiger charge is 2.21. The predicted molar refractivity (Wildman–Crippen MR) is 67.4 cm³/mol. The summed E-state index contributed by atoms with van der Waals surface area (Å²) in [4.78, 5) is 4.22. The van der Waals surface area contributed by atoms with Gasteiger partial charge in [-0.05, 0) is 25.0 Å². The molecule has 1 aromatic heterocycles. The lowest BCUT2D eigenvalue weighted by Gasteiger charge is -2.23. The number of nitriles is 1. The molecule has 2 atom stereocenters. The van der Waals surface area contributed by atoms with Gasteiger partial charge in [-0.25, -0.2) is 4.98 Å². The van der Waals surface area contributed by atoms with Gasteiger partial charge < -0.3 is 11.1 Å². The predicted octanol–water partition coefficient (Wildman–Crippen LogP) is 2.03. The van der Waals surface area contributed by atoms with Crippen LogP contribution in [-0.4, -0.2) is 17.1 Å². The van der Waals surface area contributed by atoms with Gasteiger partial charge in [0.1, 0.15) is 11.9 Å². The van der Waals surface area contributed by atoms with E-state index in [1.807, 2.05) is 0 Å². The molecule has 2 rings (SSSR count). The van der Waals surface area contributed by atoms with Gasteiger partial charge >= 0.3 is 0 Å². The van der Waals surface area contributed by atoms with Crippen molar-refractivity contribution in [2.45, 2.75) is 44.2 Å². The minimum Gasteiger partial charge on any atom is -0.365 e. The van der Waals surface area contributed by atoms with Gasteiger partial charge in [-0.3, -0.25) is 0 Å². The third kappa shape index (κ3) is 2.95. The summed E-state index contributed by atoms with van der Waals surface area (Å²) >= 11 is 0. The fourth-order valence-electron chi connectivity index (χ4n) is 2.30. The molecule has 4 nitrogen and oxygen atoms in total. The van der Waals surface area contributed by atoms with E-state index < -0.39 is 0 Å². The molecule has 90 valence electrons. The number of nitrogens with two attached hydrogens (primary N) is 1. The first-order valence-electron chi connectivity index (χ1n) is 6.18. The Kier molecular flexibility index (Phi) is 3.94. The number of hydrogen-bond donors (Lipinski definition) is 2.